The maximum absolute atomic E-state index is 12.4. The van der Waals surface area contributed by atoms with Gasteiger partial charge in [0, 0.05) is 37.3 Å². The van der Waals surface area contributed by atoms with E-state index in [1.165, 1.54) is 0 Å². The van der Waals surface area contributed by atoms with Gasteiger partial charge in [-0.25, -0.2) is 4.98 Å². The first-order chi connectivity index (χ1) is 12.2. The van der Waals surface area contributed by atoms with Crippen molar-refractivity contribution in [3.63, 3.8) is 0 Å². The Labute approximate surface area is 148 Å². The molecule has 4 rings (SSSR count). The highest BCUT2D eigenvalue weighted by Crippen LogP contribution is 2.36. The Bertz CT molecular complexity index is 773. The fourth-order valence-electron chi connectivity index (χ4n) is 3.46. The van der Waals surface area contributed by atoms with Crippen LogP contribution < -0.4 is 4.74 Å². The van der Waals surface area contributed by atoms with Crippen molar-refractivity contribution in [3.8, 4) is 11.6 Å². The lowest BCUT2D eigenvalue weighted by molar-refractivity contribution is -0.133. The van der Waals surface area contributed by atoms with E-state index < -0.39 is 0 Å². The van der Waals surface area contributed by atoms with Gasteiger partial charge in [0.05, 0.1) is 0 Å². The van der Waals surface area contributed by atoms with Gasteiger partial charge >= 0.3 is 0 Å². The molecule has 2 heterocycles. The molecule has 1 amide bonds. The predicted octanol–water partition coefficient (Wildman–Crippen LogP) is 3.69. The zero-order valence-corrected chi connectivity index (χ0v) is 14.5. The number of piperidine rings is 1. The molecule has 5 heteroatoms. The number of amides is 1. The van der Waals surface area contributed by atoms with Gasteiger partial charge in [0.1, 0.15) is 11.4 Å². The Morgan fingerprint density at radius 1 is 1.16 bits per heavy atom. The van der Waals surface area contributed by atoms with Crippen LogP contribution in [-0.2, 0) is 4.79 Å². The minimum Gasteiger partial charge on any atom is -0.437 e. The molecule has 0 N–H and O–H groups in total. The highest BCUT2D eigenvalue weighted by molar-refractivity contribution is 5.81. The average molecular weight is 337 g/mol. The van der Waals surface area contributed by atoms with Crippen molar-refractivity contribution in [1.29, 1.82) is 0 Å². The van der Waals surface area contributed by atoms with Gasteiger partial charge in [-0.15, -0.1) is 0 Å². The van der Waals surface area contributed by atoms with Gasteiger partial charge in [-0.05, 0) is 44.2 Å². The molecule has 0 bridgehead atoms. The van der Waals surface area contributed by atoms with Crippen LogP contribution in [0.5, 0.6) is 11.6 Å². The molecule has 0 spiro atoms. The smallest absolute Gasteiger partial charge is 0.241 e. The maximum Gasteiger partial charge on any atom is 0.241 e. The molecule has 1 aromatic carbocycles. The number of aryl methyl sites for hydroxylation is 1. The molecule has 1 aliphatic carbocycles. The van der Waals surface area contributed by atoms with Gasteiger partial charge in [-0.2, -0.15) is 0 Å². The number of carbonyl (C=O) groups excluding carboxylic acids is 1. The van der Waals surface area contributed by atoms with E-state index in [0.29, 0.717) is 11.8 Å². The molecule has 0 radical (unpaired) electrons. The zero-order chi connectivity index (χ0) is 17.2. The molecule has 1 atom stereocenters. The molecule has 1 aromatic heterocycles. The summed E-state index contributed by atoms with van der Waals surface area (Å²) in [6, 6.07) is 7.90. The Morgan fingerprint density at radius 2 is 1.96 bits per heavy atom. The largest absolute Gasteiger partial charge is 0.437 e. The highest BCUT2D eigenvalue weighted by atomic mass is 16.5. The van der Waals surface area contributed by atoms with Crippen LogP contribution in [0.15, 0.2) is 36.7 Å². The fraction of sp³-hybridized carbons (Fsp3) is 0.450. The monoisotopic (exact) mass is 337 g/mol. The van der Waals surface area contributed by atoms with Crippen molar-refractivity contribution in [1.82, 2.24) is 14.9 Å². The van der Waals surface area contributed by atoms with E-state index in [9.17, 15) is 4.79 Å². The van der Waals surface area contributed by atoms with Gasteiger partial charge in [-0.1, -0.05) is 18.2 Å². The van der Waals surface area contributed by atoms with E-state index >= 15 is 0 Å². The Balaban J connectivity index is 1.55. The van der Waals surface area contributed by atoms with Crippen molar-refractivity contribution in [3.05, 3.63) is 47.9 Å². The number of aromatic nitrogens is 2. The number of rotatable bonds is 4. The first kappa shape index (κ1) is 16.1. The summed E-state index contributed by atoms with van der Waals surface area (Å²) in [6.07, 6.45) is 7.48. The summed E-state index contributed by atoms with van der Waals surface area (Å²) < 4.78 is 6.07. The normalized spacial score (nSPS) is 20.4. The van der Waals surface area contributed by atoms with E-state index in [1.807, 2.05) is 36.1 Å². The third kappa shape index (κ3) is 3.50. The quantitative estimate of drug-likeness (QED) is 0.854. The van der Waals surface area contributed by atoms with Crippen LogP contribution >= 0.6 is 0 Å². The predicted molar refractivity (Wildman–Crippen MR) is 94.6 cm³/mol. The minimum absolute atomic E-state index is 0.184. The molecule has 1 aliphatic heterocycles. The van der Waals surface area contributed by atoms with Crippen LogP contribution in [0.2, 0.25) is 0 Å². The third-order valence-electron chi connectivity index (χ3n) is 5.04. The highest BCUT2D eigenvalue weighted by Gasteiger charge is 2.36. The number of para-hydroxylation sites is 1. The van der Waals surface area contributed by atoms with Gasteiger partial charge < -0.3 is 9.64 Å². The summed E-state index contributed by atoms with van der Waals surface area (Å²) in [5, 5.41) is 0. The van der Waals surface area contributed by atoms with E-state index in [-0.39, 0.29) is 11.8 Å². The molecule has 2 fully saturated rings. The van der Waals surface area contributed by atoms with Crippen LogP contribution in [0.4, 0.5) is 0 Å². The molecule has 1 saturated heterocycles. The number of benzene rings is 1. The van der Waals surface area contributed by atoms with Crippen LogP contribution in [0, 0.1) is 12.8 Å². The van der Waals surface area contributed by atoms with Gasteiger partial charge in [0.2, 0.25) is 11.8 Å². The second kappa shape index (κ2) is 6.82. The molecular weight excluding hydrogens is 314 g/mol. The minimum atomic E-state index is 0.184. The Morgan fingerprint density at radius 3 is 2.76 bits per heavy atom. The van der Waals surface area contributed by atoms with Crippen molar-refractivity contribution < 1.29 is 9.53 Å². The Kier molecular flexibility index (Phi) is 4.38. The number of hydrogen-bond donors (Lipinski definition) is 0. The number of hydrogen-bond acceptors (Lipinski definition) is 4. The molecule has 25 heavy (non-hydrogen) atoms. The first-order valence-electron chi connectivity index (χ1n) is 9.05. The molecule has 2 aromatic rings. The standard InChI is InChI=1S/C20H23N3O2/c1-14-5-2-3-7-17(14)25-19-18(21-10-11-22-19)16-6-4-12-23(13-16)20(24)15-8-9-15/h2-3,5,7,10-11,15-16H,4,6,8-9,12-13H2,1H3/t16-/m0/s1. The number of nitrogens with zero attached hydrogens (tertiary/aromatic N) is 3. The van der Waals surface area contributed by atoms with Crippen LogP contribution in [0.25, 0.3) is 0 Å². The zero-order valence-electron chi connectivity index (χ0n) is 14.5. The molecule has 1 saturated carbocycles. The number of ether oxygens (including phenoxy) is 1. The molecule has 5 nitrogen and oxygen atoms in total. The summed E-state index contributed by atoms with van der Waals surface area (Å²) in [5.74, 6) is 2.12. The topological polar surface area (TPSA) is 55.3 Å². The van der Waals surface area contributed by atoms with Crippen molar-refractivity contribution in [2.45, 2.75) is 38.5 Å². The van der Waals surface area contributed by atoms with Crippen molar-refractivity contribution in [2.75, 3.05) is 13.1 Å². The summed E-state index contributed by atoms with van der Waals surface area (Å²) in [4.78, 5) is 23.4. The fourth-order valence-corrected chi connectivity index (χ4v) is 3.46. The van der Waals surface area contributed by atoms with E-state index in [2.05, 4.69) is 9.97 Å². The van der Waals surface area contributed by atoms with E-state index in [4.69, 9.17) is 4.74 Å². The first-order valence-corrected chi connectivity index (χ1v) is 9.05. The average Bonchev–Trinajstić information content (AvgIpc) is 3.49. The Hall–Kier alpha value is -2.43. The van der Waals surface area contributed by atoms with Crippen LogP contribution in [0.3, 0.4) is 0 Å². The van der Waals surface area contributed by atoms with Crippen LogP contribution in [0.1, 0.15) is 42.9 Å². The number of likely N-dealkylation sites (tertiary alicyclic amines) is 1. The SMILES string of the molecule is Cc1ccccc1Oc1nccnc1[C@H]1CCCN(C(=O)C2CC2)C1. The molecule has 130 valence electrons. The second-order valence-electron chi connectivity index (χ2n) is 7.01. The molecular formula is C20H23N3O2. The summed E-state index contributed by atoms with van der Waals surface area (Å²) in [5.41, 5.74) is 1.92. The van der Waals surface area contributed by atoms with E-state index in [0.717, 1.165) is 55.8 Å². The van der Waals surface area contributed by atoms with Gasteiger partial charge in [0.15, 0.2) is 0 Å². The van der Waals surface area contributed by atoms with Gasteiger partial charge in [0.25, 0.3) is 0 Å². The van der Waals surface area contributed by atoms with Crippen molar-refractivity contribution >= 4 is 5.91 Å². The summed E-state index contributed by atoms with van der Waals surface area (Å²) in [7, 11) is 0. The lowest BCUT2D eigenvalue weighted by Crippen LogP contribution is -2.40. The third-order valence-corrected chi connectivity index (χ3v) is 5.04. The van der Waals surface area contributed by atoms with Crippen LogP contribution in [-0.4, -0.2) is 33.9 Å². The second-order valence-corrected chi connectivity index (χ2v) is 7.01. The summed E-state index contributed by atoms with van der Waals surface area (Å²) in [6.45, 7) is 3.60. The van der Waals surface area contributed by atoms with E-state index in [1.54, 1.807) is 12.4 Å². The number of carbonyl (C=O) groups is 1. The maximum atomic E-state index is 12.4. The molecule has 0 unspecified atom stereocenters. The van der Waals surface area contributed by atoms with Crippen molar-refractivity contribution in [2.24, 2.45) is 5.92 Å². The van der Waals surface area contributed by atoms with Gasteiger partial charge in [-0.3, -0.25) is 9.78 Å². The lowest BCUT2D eigenvalue weighted by atomic mass is 9.94. The molecule has 2 aliphatic rings. The lowest BCUT2D eigenvalue weighted by Gasteiger charge is -2.33. The summed E-state index contributed by atoms with van der Waals surface area (Å²) >= 11 is 0.